The minimum absolute atomic E-state index is 0.106. The molecule has 19 heavy (non-hydrogen) atoms. The molecule has 1 amide bonds. The van der Waals surface area contributed by atoms with Crippen LogP contribution in [0.3, 0.4) is 0 Å². The smallest absolute Gasteiger partial charge is 0.254 e. The van der Waals surface area contributed by atoms with Crippen molar-refractivity contribution in [1.82, 2.24) is 5.32 Å². The molecule has 0 radical (unpaired) electrons. The zero-order chi connectivity index (χ0) is 13.8. The van der Waals surface area contributed by atoms with Gasteiger partial charge >= 0.3 is 0 Å². The Kier molecular flexibility index (Phi) is 4.47. The normalized spacial score (nSPS) is 22.5. The molecule has 0 bridgehead atoms. The van der Waals surface area contributed by atoms with E-state index in [1.165, 1.54) is 0 Å². The number of amides is 1. The Morgan fingerprint density at radius 3 is 2.79 bits per heavy atom. The van der Waals surface area contributed by atoms with Crippen LogP contribution in [0.4, 0.5) is 8.78 Å². The molecule has 0 aromatic heterocycles. The monoisotopic (exact) mass is 269 g/mol. The first-order valence-corrected chi connectivity index (χ1v) is 6.46. The first kappa shape index (κ1) is 13.9. The molecule has 1 fully saturated rings. The highest BCUT2D eigenvalue weighted by Crippen LogP contribution is 2.30. The van der Waals surface area contributed by atoms with Gasteiger partial charge in [0.25, 0.3) is 5.91 Å². The molecule has 0 heterocycles. The van der Waals surface area contributed by atoms with E-state index in [1.54, 1.807) is 0 Å². The van der Waals surface area contributed by atoms with Crippen LogP contribution in [0.1, 0.15) is 29.6 Å². The van der Waals surface area contributed by atoms with Gasteiger partial charge < -0.3 is 10.4 Å². The summed E-state index contributed by atoms with van der Waals surface area (Å²) in [6.45, 7) is 0.495. The lowest BCUT2D eigenvalue weighted by molar-refractivity contribution is 0.0933. The fraction of sp³-hybridized carbons (Fsp3) is 0.500. The van der Waals surface area contributed by atoms with Gasteiger partial charge in [-0.2, -0.15) is 0 Å². The Balaban J connectivity index is 1.96. The molecular weight excluding hydrogens is 252 g/mol. The number of hydrogen-bond donors (Lipinski definition) is 2. The van der Waals surface area contributed by atoms with Crippen LogP contribution in [0.2, 0.25) is 0 Å². The maximum absolute atomic E-state index is 13.4. The second kappa shape index (κ2) is 6.10. The van der Waals surface area contributed by atoms with E-state index in [2.05, 4.69) is 5.32 Å². The third kappa shape index (κ3) is 3.29. The SMILES string of the molecule is O=C(NCC1CCCC1CO)c1cc(F)ccc1F. The molecule has 1 aromatic rings. The highest BCUT2D eigenvalue weighted by Gasteiger charge is 2.27. The number of nitrogens with one attached hydrogen (secondary N) is 1. The van der Waals surface area contributed by atoms with E-state index in [0.29, 0.717) is 6.54 Å². The molecule has 1 aliphatic rings. The van der Waals surface area contributed by atoms with E-state index in [9.17, 15) is 18.7 Å². The number of hydrogen-bond acceptors (Lipinski definition) is 2. The van der Waals surface area contributed by atoms with Crippen molar-refractivity contribution in [1.29, 1.82) is 0 Å². The Morgan fingerprint density at radius 1 is 1.32 bits per heavy atom. The van der Waals surface area contributed by atoms with Crippen LogP contribution < -0.4 is 5.32 Å². The molecule has 2 rings (SSSR count). The van der Waals surface area contributed by atoms with E-state index < -0.39 is 17.5 Å². The standard InChI is InChI=1S/C14H17F2NO2/c15-11-4-5-13(16)12(6-11)14(19)17-7-9-2-1-3-10(9)8-18/h4-6,9-10,18H,1-3,7-8H2,(H,17,19). The minimum Gasteiger partial charge on any atom is -0.396 e. The number of carbonyl (C=O) groups is 1. The highest BCUT2D eigenvalue weighted by molar-refractivity contribution is 5.94. The fourth-order valence-corrected chi connectivity index (χ4v) is 2.61. The van der Waals surface area contributed by atoms with Gasteiger partial charge in [-0.15, -0.1) is 0 Å². The van der Waals surface area contributed by atoms with Crippen molar-refractivity contribution >= 4 is 5.91 Å². The van der Waals surface area contributed by atoms with E-state index in [-0.39, 0.29) is 24.0 Å². The van der Waals surface area contributed by atoms with Gasteiger partial charge in [0.1, 0.15) is 11.6 Å². The molecule has 1 saturated carbocycles. The minimum atomic E-state index is -0.732. The third-order valence-electron chi connectivity index (χ3n) is 3.75. The summed E-state index contributed by atoms with van der Waals surface area (Å²) in [6, 6.07) is 2.81. The van der Waals surface area contributed by atoms with Gasteiger partial charge in [-0.1, -0.05) is 6.42 Å². The van der Waals surface area contributed by atoms with E-state index in [1.807, 2.05) is 0 Å². The summed E-state index contributed by atoms with van der Waals surface area (Å²) in [5.74, 6) is -1.58. The van der Waals surface area contributed by atoms with Gasteiger partial charge in [-0.25, -0.2) is 8.78 Å². The summed E-state index contributed by atoms with van der Waals surface area (Å²) in [4.78, 5) is 11.8. The van der Waals surface area contributed by atoms with Gasteiger partial charge in [0.2, 0.25) is 0 Å². The van der Waals surface area contributed by atoms with Crippen LogP contribution >= 0.6 is 0 Å². The third-order valence-corrected chi connectivity index (χ3v) is 3.75. The van der Waals surface area contributed by atoms with Crippen LogP contribution in [-0.4, -0.2) is 24.2 Å². The Bertz CT molecular complexity index is 465. The number of carbonyl (C=O) groups excluding carboxylic acids is 1. The Hall–Kier alpha value is -1.49. The molecule has 1 aliphatic carbocycles. The van der Waals surface area contributed by atoms with Crippen molar-refractivity contribution in [3.8, 4) is 0 Å². The molecule has 2 N–H and O–H groups in total. The van der Waals surface area contributed by atoms with Crippen LogP contribution in [0.25, 0.3) is 0 Å². The average Bonchev–Trinajstić information content (AvgIpc) is 2.86. The van der Waals surface area contributed by atoms with Crippen molar-refractivity contribution in [2.75, 3.05) is 13.2 Å². The van der Waals surface area contributed by atoms with Gasteiger partial charge in [-0.05, 0) is 42.9 Å². The topological polar surface area (TPSA) is 49.3 Å². The maximum Gasteiger partial charge on any atom is 0.254 e. The molecule has 2 atom stereocenters. The summed E-state index contributed by atoms with van der Waals surface area (Å²) in [5, 5.41) is 11.8. The second-order valence-electron chi connectivity index (χ2n) is 4.97. The lowest BCUT2D eigenvalue weighted by Gasteiger charge is -2.17. The summed E-state index contributed by atoms with van der Waals surface area (Å²) in [6.07, 6.45) is 2.92. The lowest BCUT2D eigenvalue weighted by atomic mass is 9.97. The molecule has 0 spiro atoms. The van der Waals surface area contributed by atoms with Crippen LogP contribution in [-0.2, 0) is 0 Å². The van der Waals surface area contributed by atoms with Crippen molar-refractivity contribution in [2.24, 2.45) is 11.8 Å². The number of halogens is 2. The van der Waals surface area contributed by atoms with Crippen LogP contribution in [0.15, 0.2) is 18.2 Å². The van der Waals surface area contributed by atoms with Gasteiger partial charge in [0, 0.05) is 13.2 Å². The molecule has 3 nitrogen and oxygen atoms in total. The number of aliphatic hydroxyl groups excluding tert-OH is 1. The lowest BCUT2D eigenvalue weighted by Crippen LogP contribution is -2.32. The van der Waals surface area contributed by atoms with Crippen LogP contribution in [0.5, 0.6) is 0 Å². The molecule has 5 heteroatoms. The van der Waals surface area contributed by atoms with Gasteiger partial charge in [-0.3, -0.25) is 4.79 Å². The van der Waals surface area contributed by atoms with Gasteiger partial charge in [0.05, 0.1) is 5.56 Å². The predicted molar refractivity (Wildman–Crippen MR) is 66.6 cm³/mol. The first-order valence-electron chi connectivity index (χ1n) is 6.46. The Morgan fingerprint density at radius 2 is 2.05 bits per heavy atom. The molecule has 0 aliphatic heterocycles. The van der Waals surface area contributed by atoms with Crippen molar-refractivity contribution < 1.29 is 18.7 Å². The largest absolute Gasteiger partial charge is 0.396 e. The zero-order valence-electron chi connectivity index (χ0n) is 10.5. The molecule has 104 valence electrons. The average molecular weight is 269 g/mol. The number of rotatable bonds is 4. The summed E-state index contributed by atoms with van der Waals surface area (Å²) < 4.78 is 26.4. The Labute approximate surface area is 110 Å². The molecule has 1 aromatic carbocycles. The highest BCUT2D eigenvalue weighted by atomic mass is 19.1. The maximum atomic E-state index is 13.4. The van der Waals surface area contributed by atoms with Gasteiger partial charge in [0.15, 0.2) is 0 Å². The van der Waals surface area contributed by atoms with E-state index >= 15 is 0 Å². The fourth-order valence-electron chi connectivity index (χ4n) is 2.61. The summed E-state index contributed by atoms with van der Waals surface area (Å²) in [7, 11) is 0. The number of benzene rings is 1. The molecular formula is C14H17F2NO2. The van der Waals surface area contributed by atoms with E-state index in [4.69, 9.17) is 0 Å². The second-order valence-corrected chi connectivity index (χ2v) is 4.97. The first-order chi connectivity index (χ1) is 9.11. The summed E-state index contributed by atoms with van der Waals surface area (Å²) >= 11 is 0. The van der Waals surface area contributed by atoms with Crippen LogP contribution in [0, 0.1) is 23.5 Å². The summed E-state index contributed by atoms with van der Waals surface area (Å²) in [5.41, 5.74) is -0.279. The molecule has 0 saturated heterocycles. The van der Waals surface area contributed by atoms with Crippen molar-refractivity contribution in [2.45, 2.75) is 19.3 Å². The molecule has 2 unspecified atom stereocenters. The quantitative estimate of drug-likeness (QED) is 0.879. The predicted octanol–water partition coefficient (Wildman–Crippen LogP) is 2.10. The zero-order valence-corrected chi connectivity index (χ0v) is 10.5. The van der Waals surface area contributed by atoms with E-state index in [0.717, 1.165) is 37.5 Å². The van der Waals surface area contributed by atoms with Crippen molar-refractivity contribution in [3.05, 3.63) is 35.4 Å². The van der Waals surface area contributed by atoms with Crippen molar-refractivity contribution in [3.63, 3.8) is 0 Å². The number of aliphatic hydroxyl groups is 1.